The van der Waals surface area contributed by atoms with Crippen molar-refractivity contribution in [1.82, 2.24) is 9.78 Å². The van der Waals surface area contributed by atoms with Gasteiger partial charge in [0.2, 0.25) is 0 Å². The summed E-state index contributed by atoms with van der Waals surface area (Å²) in [4.78, 5) is 11.5. The quantitative estimate of drug-likeness (QED) is 0.624. The van der Waals surface area contributed by atoms with Crippen LogP contribution < -0.4 is 0 Å². The van der Waals surface area contributed by atoms with Gasteiger partial charge in [0.05, 0.1) is 35.5 Å². The summed E-state index contributed by atoms with van der Waals surface area (Å²) >= 11 is 6.05. The third kappa shape index (κ3) is 3.71. The number of benzene rings is 2. The molecule has 0 aliphatic carbocycles. The number of hydrogen-bond donors (Lipinski definition) is 0. The second-order valence-electron chi connectivity index (χ2n) is 6.20. The first-order valence-electron chi connectivity index (χ1n) is 8.36. The van der Waals surface area contributed by atoms with Gasteiger partial charge in [-0.25, -0.2) is 4.79 Å². The van der Waals surface area contributed by atoms with Gasteiger partial charge in [-0.3, -0.25) is 4.68 Å². The second-order valence-corrected chi connectivity index (χ2v) is 6.61. The first-order chi connectivity index (χ1) is 12.9. The van der Waals surface area contributed by atoms with Crippen molar-refractivity contribution in [2.45, 2.75) is 20.4 Å². The van der Waals surface area contributed by atoms with Crippen LogP contribution in [0.1, 0.15) is 32.9 Å². The Hall–Kier alpha value is -3.10. The molecule has 0 saturated heterocycles. The lowest BCUT2D eigenvalue weighted by atomic mass is 10.0. The van der Waals surface area contributed by atoms with E-state index in [0.29, 0.717) is 22.7 Å². The van der Waals surface area contributed by atoms with Gasteiger partial charge in [-0.1, -0.05) is 29.8 Å². The van der Waals surface area contributed by atoms with Gasteiger partial charge in [-0.2, -0.15) is 10.4 Å². The lowest BCUT2D eigenvalue weighted by molar-refractivity contribution is 0.0600. The molecule has 1 heterocycles. The van der Waals surface area contributed by atoms with Crippen LogP contribution in [0.5, 0.6) is 0 Å². The molecule has 2 aromatic carbocycles. The zero-order chi connectivity index (χ0) is 19.6. The van der Waals surface area contributed by atoms with Crippen LogP contribution in [0, 0.1) is 25.2 Å². The van der Waals surface area contributed by atoms with E-state index in [1.807, 2.05) is 36.7 Å². The maximum atomic E-state index is 11.5. The van der Waals surface area contributed by atoms with Crippen molar-refractivity contribution in [3.63, 3.8) is 0 Å². The number of carbonyl (C=O) groups is 1. The molecule has 0 N–H and O–H groups in total. The largest absolute Gasteiger partial charge is 0.465 e. The number of nitriles is 1. The van der Waals surface area contributed by atoms with E-state index in [1.165, 1.54) is 7.11 Å². The number of rotatable bonds is 4. The molecule has 0 bridgehead atoms. The van der Waals surface area contributed by atoms with Gasteiger partial charge < -0.3 is 4.74 Å². The van der Waals surface area contributed by atoms with Crippen molar-refractivity contribution >= 4 is 17.6 Å². The summed E-state index contributed by atoms with van der Waals surface area (Å²) in [5.74, 6) is -0.356. The van der Waals surface area contributed by atoms with E-state index < -0.39 is 0 Å². The van der Waals surface area contributed by atoms with Crippen molar-refractivity contribution in [1.29, 1.82) is 5.26 Å². The number of halogens is 1. The first kappa shape index (κ1) is 18.7. The Kier molecular flexibility index (Phi) is 5.29. The van der Waals surface area contributed by atoms with Crippen LogP contribution in [0.15, 0.2) is 42.5 Å². The molecule has 0 spiro atoms. The summed E-state index contributed by atoms with van der Waals surface area (Å²) in [6.45, 7) is 4.52. The molecule has 0 radical (unpaired) electrons. The van der Waals surface area contributed by atoms with Gasteiger partial charge in [0, 0.05) is 11.3 Å². The number of methoxy groups -OCH3 is 1. The molecule has 6 heteroatoms. The number of hydrogen-bond acceptors (Lipinski definition) is 4. The van der Waals surface area contributed by atoms with Crippen LogP contribution in [0.25, 0.3) is 11.1 Å². The highest BCUT2D eigenvalue weighted by Gasteiger charge is 2.15. The Bertz CT molecular complexity index is 1050. The smallest absolute Gasteiger partial charge is 0.337 e. The number of aromatic nitrogens is 2. The van der Waals surface area contributed by atoms with Crippen LogP contribution in [0.3, 0.4) is 0 Å². The normalized spacial score (nSPS) is 10.5. The maximum absolute atomic E-state index is 11.5. The third-order valence-corrected chi connectivity index (χ3v) is 4.79. The average Bonchev–Trinajstić information content (AvgIpc) is 2.95. The average molecular weight is 380 g/mol. The molecule has 0 fully saturated rings. The molecule has 5 nitrogen and oxygen atoms in total. The minimum Gasteiger partial charge on any atom is -0.465 e. The van der Waals surface area contributed by atoms with E-state index in [2.05, 4.69) is 11.2 Å². The highest BCUT2D eigenvalue weighted by molar-refractivity contribution is 6.31. The molecular formula is C21H18ClN3O2. The number of esters is 1. The Morgan fingerprint density at radius 2 is 1.93 bits per heavy atom. The van der Waals surface area contributed by atoms with E-state index >= 15 is 0 Å². The van der Waals surface area contributed by atoms with Crippen molar-refractivity contribution in [2.24, 2.45) is 0 Å². The predicted octanol–water partition coefficient (Wildman–Crippen LogP) is 4.53. The van der Waals surface area contributed by atoms with Crippen molar-refractivity contribution < 1.29 is 9.53 Å². The van der Waals surface area contributed by atoms with Crippen LogP contribution in [0.2, 0.25) is 5.02 Å². The van der Waals surface area contributed by atoms with E-state index in [0.717, 1.165) is 28.1 Å². The Labute approximate surface area is 162 Å². The molecule has 0 atom stereocenters. The zero-order valence-corrected chi connectivity index (χ0v) is 16.0. The Morgan fingerprint density at radius 3 is 2.56 bits per heavy atom. The van der Waals surface area contributed by atoms with Crippen LogP contribution >= 0.6 is 11.6 Å². The number of aryl methyl sites for hydroxylation is 1. The van der Waals surface area contributed by atoms with Gasteiger partial charge in [0.15, 0.2) is 0 Å². The zero-order valence-electron chi connectivity index (χ0n) is 15.3. The SMILES string of the molecule is COC(=O)c1ccc(Cn2nc(C)c(-c3ccc(Cl)c(C#N)c3)c2C)cc1. The van der Waals surface area contributed by atoms with Crippen LogP contribution in [-0.4, -0.2) is 22.9 Å². The minimum absolute atomic E-state index is 0.356. The van der Waals surface area contributed by atoms with Gasteiger partial charge in [-0.05, 0) is 49.2 Å². The molecule has 3 rings (SSSR count). The molecule has 0 saturated carbocycles. The van der Waals surface area contributed by atoms with Gasteiger partial charge in [0.25, 0.3) is 0 Å². The standard InChI is InChI=1S/C21H18ClN3O2/c1-13-20(17-8-9-19(22)18(10-17)11-23)14(2)25(24-13)12-15-4-6-16(7-5-15)21(26)27-3/h4-10H,12H2,1-3H3. The van der Waals surface area contributed by atoms with Crippen molar-refractivity contribution in [3.8, 4) is 17.2 Å². The Morgan fingerprint density at radius 1 is 1.22 bits per heavy atom. The van der Waals surface area contributed by atoms with E-state index in [4.69, 9.17) is 16.3 Å². The minimum atomic E-state index is -0.356. The molecule has 1 aromatic heterocycles. The molecule has 0 aliphatic heterocycles. The molecule has 0 amide bonds. The molecule has 136 valence electrons. The van der Waals surface area contributed by atoms with E-state index in [1.54, 1.807) is 24.3 Å². The summed E-state index contributed by atoms with van der Waals surface area (Å²) in [5.41, 5.74) is 5.77. The van der Waals surface area contributed by atoms with E-state index in [-0.39, 0.29) is 5.97 Å². The number of carbonyl (C=O) groups excluding carboxylic acids is 1. The molecular weight excluding hydrogens is 362 g/mol. The highest BCUT2D eigenvalue weighted by Crippen LogP contribution is 2.30. The summed E-state index contributed by atoms with van der Waals surface area (Å²) in [5, 5.41) is 14.3. The maximum Gasteiger partial charge on any atom is 0.337 e. The molecule has 27 heavy (non-hydrogen) atoms. The molecule has 3 aromatic rings. The number of nitrogens with zero attached hydrogens (tertiary/aromatic N) is 3. The van der Waals surface area contributed by atoms with Crippen molar-refractivity contribution in [3.05, 3.63) is 75.6 Å². The summed E-state index contributed by atoms with van der Waals surface area (Å²) in [7, 11) is 1.36. The first-order valence-corrected chi connectivity index (χ1v) is 8.73. The third-order valence-electron chi connectivity index (χ3n) is 4.46. The molecule has 0 unspecified atom stereocenters. The summed E-state index contributed by atoms with van der Waals surface area (Å²) in [6.07, 6.45) is 0. The molecule has 0 aliphatic rings. The highest BCUT2D eigenvalue weighted by atomic mass is 35.5. The summed E-state index contributed by atoms with van der Waals surface area (Å²) in [6, 6.07) is 14.8. The fourth-order valence-electron chi connectivity index (χ4n) is 3.07. The predicted molar refractivity (Wildman–Crippen MR) is 104 cm³/mol. The fourth-order valence-corrected chi connectivity index (χ4v) is 3.23. The van der Waals surface area contributed by atoms with Crippen molar-refractivity contribution in [2.75, 3.05) is 7.11 Å². The number of ether oxygens (including phenoxy) is 1. The van der Waals surface area contributed by atoms with Crippen LogP contribution in [0.4, 0.5) is 0 Å². The topological polar surface area (TPSA) is 67.9 Å². The fraction of sp³-hybridized carbons (Fsp3) is 0.190. The second kappa shape index (κ2) is 7.65. The van der Waals surface area contributed by atoms with Gasteiger partial charge in [0.1, 0.15) is 6.07 Å². The monoisotopic (exact) mass is 379 g/mol. The Balaban J connectivity index is 1.92. The lowest BCUT2D eigenvalue weighted by Crippen LogP contribution is -2.05. The van der Waals surface area contributed by atoms with Gasteiger partial charge >= 0.3 is 5.97 Å². The van der Waals surface area contributed by atoms with Crippen LogP contribution in [-0.2, 0) is 11.3 Å². The van der Waals surface area contributed by atoms with E-state index in [9.17, 15) is 10.1 Å². The summed E-state index contributed by atoms with van der Waals surface area (Å²) < 4.78 is 6.64. The lowest BCUT2D eigenvalue weighted by Gasteiger charge is -2.07. The van der Waals surface area contributed by atoms with Gasteiger partial charge in [-0.15, -0.1) is 0 Å².